The fraction of sp³-hybridized carbons (Fsp3) is 0.455. The topological polar surface area (TPSA) is 35.2 Å². The van der Waals surface area contributed by atoms with Gasteiger partial charge in [-0.05, 0) is 47.3 Å². The summed E-state index contributed by atoms with van der Waals surface area (Å²) in [7, 11) is 1.59. The second kappa shape index (κ2) is 3.46. The maximum atomic E-state index is 13.6. The number of aryl methyl sites for hydroxylation is 1. The molecule has 0 spiro atoms. The standard InChI is InChI=1S/C11H13BrFNO/c1-6-5-7(13)9(12)8(10(6)15-2)11(14)3-4-11/h5H,3-4,14H2,1-2H3. The molecule has 1 fully saturated rings. The fourth-order valence-electron chi connectivity index (χ4n) is 1.83. The van der Waals surface area contributed by atoms with Gasteiger partial charge in [-0.2, -0.15) is 0 Å². The molecule has 1 aliphatic rings. The third kappa shape index (κ3) is 1.66. The van der Waals surface area contributed by atoms with E-state index in [-0.39, 0.29) is 5.82 Å². The van der Waals surface area contributed by atoms with Gasteiger partial charge in [0.1, 0.15) is 11.6 Å². The molecule has 1 aliphatic carbocycles. The summed E-state index contributed by atoms with van der Waals surface area (Å²) >= 11 is 3.25. The van der Waals surface area contributed by atoms with Gasteiger partial charge >= 0.3 is 0 Å². The Morgan fingerprint density at radius 3 is 2.60 bits per heavy atom. The molecular weight excluding hydrogens is 261 g/mol. The van der Waals surface area contributed by atoms with E-state index in [1.165, 1.54) is 6.07 Å². The van der Waals surface area contributed by atoms with Gasteiger partial charge in [0.25, 0.3) is 0 Å². The van der Waals surface area contributed by atoms with Crippen LogP contribution in [0.15, 0.2) is 10.5 Å². The molecule has 4 heteroatoms. The Labute approximate surface area is 96.7 Å². The number of halogens is 2. The SMILES string of the molecule is COc1c(C)cc(F)c(Br)c1C1(N)CC1. The highest BCUT2D eigenvalue weighted by Gasteiger charge is 2.44. The monoisotopic (exact) mass is 273 g/mol. The average Bonchev–Trinajstić information content (AvgIpc) is 2.90. The van der Waals surface area contributed by atoms with Crippen LogP contribution in [-0.4, -0.2) is 7.11 Å². The second-order valence-electron chi connectivity index (χ2n) is 4.05. The molecule has 0 amide bonds. The molecule has 15 heavy (non-hydrogen) atoms. The van der Waals surface area contributed by atoms with Crippen molar-refractivity contribution in [3.8, 4) is 5.75 Å². The van der Waals surface area contributed by atoms with E-state index in [0.29, 0.717) is 10.2 Å². The number of benzene rings is 1. The van der Waals surface area contributed by atoms with Gasteiger partial charge in [0.2, 0.25) is 0 Å². The summed E-state index contributed by atoms with van der Waals surface area (Å²) in [6, 6.07) is 1.46. The molecule has 2 N–H and O–H groups in total. The van der Waals surface area contributed by atoms with Crippen LogP contribution in [0, 0.1) is 12.7 Å². The van der Waals surface area contributed by atoms with E-state index >= 15 is 0 Å². The van der Waals surface area contributed by atoms with Crippen LogP contribution in [-0.2, 0) is 5.54 Å². The third-order valence-corrected chi connectivity index (χ3v) is 3.62. The van der Waals surface area contributed by atoms with Gasteiger partial charge in [-0.25, -0.2) is 4.39 Å². The van der Waals surface area contributed by atoms with Crippen LogP contribution in [0.3, 0.4) is 0 Å². The molecule has 82 valence electrons. The van der Waals surface area contributed by atoms with Gasteiger partial charge in [0.05, 0.1) is 11.6 Å². The van der Waals surface area contributed by atoms with Crippen LogP contribution in [0.4, 0.5) is 4.39 Å². The zero-order valence-corrected chi connectivity index (χ0v) is 10.3. The Balaban J connectivity index is 2.68. The van der Waals surface area contributed by atoms with Gasteiger partial charge in [0, 0.05) is 11.1 Å². The van der Waals surface area contributed by atoms with Crippen LogP contribution >= 0.6 is 15.9 Å². The number of hydrogen-bond acceptors (Lipinski definition) is 2. The van der Waals surface area contributed by atoms with Gasteiger partial charge < -0.3 is 10.5 Å². The largest absolute Gasteiger partial charge is 0.496 e. The Morgan fingerprint density at radius 1 is 1.53 bits per heavy atom. The van der Waals surface area contributed by atoms with Crippen molar-refractivity contribution >= 4 is 15.9 Å². The van der Waals surface area contributed by atoms with Crippen molar-refractivity contribution in [2.24, 2.45) is 5.73 Å². The van der Waals surface area contributed by atoms with Crippen molar-refractivity contribution in [2.75, 3.05) is 7.11 Å². The number of ether oxygens (including phenoxy) is 1. The maximum Gasteiger partial charge on any atom is 0.138 e. The molecule has 1 aromatic carbocycles. The first kappa shape index (κ1) is 10.9. The predicted octanol–water partition coefficient (Wildman–Crippen LogP) is 2.85. The summed E-state index contributed by atoms with van der Waals surface area (Å²) < 4.78 is 19.3. The quantitative estimate of drug-likeness (QED) is 0.900. The van der Waals surface area contributed by atoms with Crippen LogP contribution in [0.5, 0.6) is 5.75 Å². The summed E-state index contributed by atoms with van der Waals surface area (Å²) in [6.07, 6.45) is 1.76. The highest BCUT2D eigenvalue weighted by molar-refractivity contribution is 9.10. The minimum Gasteiger partial charge on any atom is -0.496 e. The molecule has 2 rings (SSSR count). The van der Waals surface area contributed by atoms with E-state index in [4.69, 9.17) is 10.5 Å². The zero-order chi connectivity index (χ0) is 11.2. The third-order valence-electron chi connectivity index (χ3n) is 2.85. The van der Waals surface area contributed by atoms with Crippen LogP contribution in [0.2, 0.25) is 0 Å². The lowest BCUT2D eigenvalue weighted by atomic mass is 10.0. The summed E-state index contributed by atoms with van der Waals surface area (Å²) in [4.78, 5) is 0. The lowest BCUT2D eigenvalue weighted by Gasteiger charge is -2.18. The molecule has 0 unspecified atom stereocenters. The van der Waals surface area contributed by atoms with E-state index in [1.807, 2.05) is 6.92 Å². The Morgan fingerprint density at radius 2 is 2.13 bits per heavy atom. The minimum absolute atomic E-state index is 0.278. The summed E-state index contributed by atoms with van der Waals surface area (Å²) in [5, 5.41) is 0. The number of hydrogen-bond donors (Lipinski definition) is 1. The van der Waals surface area contributed by atoms with Crippen molar-refractivity contribution in [3.05, 3.63) is 27.5 Å². The van der Waals surface area contributed by atoms with E-state index in [9.17, 15) is 4.39 Å². The molecule has 2 nitrogen and oxygen atoms in total. The first-order chi connectivity index (χ1) is 6.99. The van der Waals surface area contributed by atoms with Crippen molar-refractivity contribution in [2.45, 2.75) is 25.3 Å². The smallest absolute Gasteiger partial charge is 0.138 e. The highest BCUT2D eigenvalue weighted by Crippen LogP contribution is 2.50. The van der Waals surface area contributed by atoms with E-state index in [2.05, 4.69) is 15.9 Å². The van der Waals surface area contributed by atoms with Gasteiger partial charge in [-0.3, -0.25) is 0 Å². The van der Waals surface area contributed by atoms with Gasteiger partial charge in [-0.15, -0.1) is 0 Å². The van der Waals surface area contributed by atoms with E-state index < -0.39 is 5.54 Å². The minimum atomic E-state index is -0.406. The first-order valence-electron chi connectivity index (χ1n) is 4.81. The molecule has 0 radical (unpaired) electrons. The molecule has 1 saturated carbocycles. The number of rotatable bonds is 2. The van der Waals surface area contributed by atoms with Crippen molar-refractivity contribution in [1.29, 1.82) is 0 Å². The molecule has 0 bridgehead atoms. The summed E-state index contributed by atoms with van der Waals surface area (Å²) in [5.41, 5.74) is 7.25. The van der Waals surface area contributed by atoms with E-state index in [1.54, 1.807) is 7.11 Å². The molecule has 0 heterocycles. The van der Waals surface area contributed by atoms with Gasteiger partial charge in [0.15, 0.2) is 0 Å². The second-order valence-corrected chi connectivity index (χ2v) is 4.85. The molecule has 0 saturated heterocycles. The molecule has 1 aromatic rings. The van der Waals surface area contributed by atoms with Crippen LogP contribution in [0.1, 0.15) is 24.0 Å². The Kier molecular flexibility index (Phi) is 2.51. The van der Waals surface area contributed by atoms with Crippen molar-refractivity contribution < 1.29 is 9.13 Å². The van der Waals surface area contributed by atoms with Crippen LogP contribution in [0.25, 0.3) is 0 Å². The van der Waals surface area contributed by atoms with Crippen LogP contribution < -0.4 is 10.5 Å². The Hall–Kier alpha value is -0.610. The lowest BCUT2D eigenvalue weighted by Crippen LogP contribution is -2.21. The zero-order valence-electron chi connectivity index (χ0n) is 8.73. The van der Waals surface area contributed by atoms with Crippen molar-refractivity contribution in [3.63, 3.8) is 0 Å². The molecule has 0 atom stereocenters. The fourth-order valence-corrected chi connectivity index (χ4v) is 2.52. The highest BCUT2D eigenvalue weighted by atomic mass is 79.9. The average molecular weight is 274 g/mol. The molecule has 0 aliphatic heterocycles. The number of nitrogens with two attached hydrogens (primary N) is 1. The number of methoxy groups -OCH3 is 1. The van der Waals surface area contributed by atoms with Crippen molar-refractivity contribution in [1.82, 2.24) is 0 Å². The maximum absolute atomic E-state index is 13.6. The molecular formula is C11H13BrFNO. The summed E-state index contributed by atoms with van der Waals surface area (Å²) in [5.74, 6) is 0.420. The predicted molar refractivity (Wildman–Crippen MR) is 60.5 cm³/mol. The lowest BCUT2D eigenvalue weighted by molar-refractivity contribution is 0.398. The summed E-state index contributed by atoms with van der Waals surface area (Å²) in [6.45, 7) is 1.82. The first-order valence-corrected chi connectivity index (χ1v) is 5.61. The Bertz CT molecular complexity index is 416. The molecule has 0 aromatic heterocycles. The van der Waals surface area contributed by atoms with Gasteiger partial charge in [-0.1, -0.05) is 0 Å². The normalized spacial score (nSPS) is 17.7. The van der Waals surface area contributed by atoms with E-state index in [0.717, 1.165) is 24.0 Å².